The third kappa shape index (κ3) is 8.13. The average molecular weight is 508 g/mol. The van der Waals surface area contributed by atoms with Crippen molar-refractivity contribution in [1.29, 1.82) is 0 Å². The molecule has 3 rings (SSSR count). The number of aliphatic carboxylic acids is 1. The normalized spacial score (nSPS) is 11.8. The molecule has 3 aromatic rings. The van der Waals surface area contributed by atoms with Gasteiger partial charge in [0.25, 0.3) is 5.91 Å². The number of amides is 1. The molecule has 1 unspecified atom stereocenters. The number of carboxylic acid groups (broad SMARTS) is 1. The Labute approximate surface area is 218 Å². The number of halogens is 1. The summed E-state index contributed by atoms with van der Waals surface area (Å²) in [6.45, 7) is 8.63. The SMILES string of the molecule is Cc1cc(C)cc(C(CC(C)C)NC(=O)c2cc(COc3cccc(Cl)c3)ccc2CCC(=O)O)c1. The van der Waals surface area contributed by atoms with E-state index < -0.39 is 5.97 Å². The van der Waals surface area contributed by atoms with E-state index in [1.54, 1.807) is 18.2 Å². The maximum absolute atomic E-state index is 13.6. The van der Waals surface area contributed by atoms with Crippen molar-refractivity contribution in [2.75, 3.05) is 0 Å². The fourth-order valence-corrected chi connectivity index (χ4v) is 4.48. The lowest BCUT2D eigenvalue weighted by atomic mass is 9.93. The van der Waals surface area contributed by atoms with Crippen molar-refractivity contribution < 1.29 is 19.4 Å². The number of carbonyl (C=O) groups is 2. The Hall–Kier alpha value is -3.31. The van der Waals surface area contributed by atoms with Crippen LogP contribution in [0.3, 0.4) is 0 Å². The average Bonchev–Trinajstić information content (AvgIpc) is 2.80. The molecular formula is C30H34ClNO4. The lowest BCUT2D eigenvalue weighted by Crippen LogP contribution is -2.30. The summed E-state index contributed by atoms with van der Waals surface area (Å²) in [5.41, 5.74) is 5.35. The predicted molar refractivity (Wildman–Crippen MR) is 144 cm³/mol. The van der Waals surface area contributed by atoms with Crippen LogP contribution in [-0.4, -0.2) is 17.0 Å². The van der Waals surface area contributed by atoms with Crippen LogP contribution in [0.4, 0.5) is 0 Å². The minimum Gasteiger partial charge on any atom is -0.489 e. The first-order valence-corrected chi connectivity index (χ1v) is 12.6. The van der Waals surface area contributed by atoms with Crippen molar-refractivity contribution in [2.45, 2.75) is 59.6 Å². The maximum atomic E-state index is 13.6. The lowest BCUT2D eigenvalue weighted by Gasteiger charge is -2.23. The van der Waals surface area contributed by atoms with E-state index in [-0.39, 0.29) is 31.4 Å². The molecule has 0 saturated heterocycles. The topological polar surface area (TPSA) is 75.6 Å². The highest BCUT2D eigenvalue weighted by atomic mass is 35.5. The van der Waals surface area contributed by atoms with Crippen LogP contribution in [0.15, 0.2) is 60.7 Å². The maximum Gasteiger partial charge on any atom is 0.303 e. The monoisotopic (exact) mass is 507 g/mol. The largest absolute Gasteiger partial charge is 0.489 e. The standard InChI is InChI=1S/C30H34ClNO4/c1-19(2)12-28(24-14-20(3)13-21(4)15-24)32-30(35)27-16-22(8-9-23(27)10-11-29(33)34)18-36-26-7-5-6-25(31)17-26/h5-9,13-17,19,28H,10-12,18H2,1-4H3,(H,32,35)(H,33,34). The summed E-state index contributed by atoms with van der Waals surface area (Å²) in [5, 5.41) is 13.0. The molecule has 0 aromatic heterocycles. The summed E-state index contributed by atoms with van der Waals surface area (Å²) < 4.78 is 5.86. The Kier molecular flexibility index (Phi) is 9.54. The van der Waals surface area contributed by atoms with Crippen LogP contribution < -0.4 is 10.1 Å². The molecule has 0 saturated carbocycles. The van der Waals surface area contributed by atoms with Crippen LogP contribution >= 0.6 is 11.6 Å². The van der Waals surface area contributed by atoms with E-state index in [0.29, 0.717) is 27.8 Å². The molecule has 0 spiro atoms. The number of carboxylic acids is 1. The molecule has 0 radical (unpaired) electrons. The summed E-state index contributed by atoms with van der Waals surface area (Å²) in [7, 11) is 0. The molecule has 0 aliphatic rings. The van der Waals surface area contributed by atoms with Gasteiger partial charge in [-0.05, 0) is 73.6 Å². The van der Waals surface area contributed by atoms with Gasteiger partial charge in [0, 0.05) is 17.0 Å². The molecule has 0 aliphatic carbocycles. The molecule has 0 aliphatic heterocycles. The van der Waals surface area contributed by atoms with Gasteiger partial charge in [-0.3, -0.25) is 9.59 Å². The van der Waals surface area contributed by atoms with Gasteiger partial charge < -0.3 is 15.2 Å². The highest BCUT2D eigenvalue weighted by molar-refractivity contribution is 6.30. The smallest absolute Gasteiger partial charge is 0.303 e. The van der Waals surface area contributed by atoms with E-state index in [1.807, 2.05) is 24.3 Å². The zero-order valence-electron chi connectivity index (χ0n) is 21.3. The highest BCUT2D eigenvalue weighted by Crippen LogP contribution is 2.26. The number of benzene rings is 3. The minimum atomic E-state index is -0.900. The van der Waals surface area contributed by atoms with Gasteiger partial charge in [0.1, 0.15) is 12.4 Å². The Morgan fingerprint density at radius 1 is 1.00 bits per heavy atom. The molecule has 0 heterocycles. The molecule has 0 fully saturated rings. The predicted octanol–water partition coefficient (Wildman–Crippen LogP) is 7.07. The van der Waals surface area contributed by atoms with Crippen molar-refractivity contribution in [3.05, 3.63) is 99.1 Å². The van der Waals surface area contributed by atoms with Crippen molar-refractivity contribution >= 4 is 23.5 Å². The molecule has 1 amide bonds. The first-order chi connectivity index (χ1) is 17.1. The third-order valence-electron chi connectivity index (χ3n) is 5.89. The number of ether oxygens (including phenoxy) is 1. The van der Waals surface area contributed by atoms with Crippen LogP contribution in [0.25, 0.3) is 0 Å². The zero-order valence-corrected chi connectivity index (χ0v) is 22.1. The second kappa shape index (κ2) is 12.6. The fraction of sp³-hybridized carbons (Fsp3) is 0.333. The van der Waals surface area contributed by atoms with Crippen LogP contribution in [0.1, 0.15) is 70.9 Å². The van der Waals surface area contributed by atoms with Gasteiger partial charge in [0.15, 0.2) is 0 Å². The van der Waals surface area contributed by atoms with Crippen molar-refractivity contribution in [3.8, 4) is 5.75 Å². The fourth-order valence-electron chi connectivity index (χ4n) is 4.30. The van der Waals surface area contributed by atoms with E-state index >= 15 is 0 Å². The summed E-state index contributed by atoms with van der Waals surface area (Å²) in [4.78, 5) is 24.8. The second-order valence-corrected chi connectivity index (χ2v) is 10.1. The molecule has 2 N–H and O–H groups in total. The van der Waals surface area contributed by atoms with Crippen LogP contribution in [0.5, 0.6) is 5.75 Å². The van der Waals surface area contributed by atoms with Gasteiger partial charge in [-0.1, -0.05) is 73.0 Å². The second-order valence-electron chi connectivity index (χ2n) is 9.71. The molecular weight excluding hydrogens is 474 g/mol. The van der Waals surface area contributed by atoms with Gasteiger partial charge in [-0.25, -0.2) is 0 Å². The number of carbonyl (C=O) groups excluding carboxylic acids is 1. The van der Waals surface area contributed by atoms with Gasteiger partial charge in [0.2, 0.25) is 0 Å². The number of nitrogens with one attached hydrogen (secondary N) is 1. The zero-order chi connectivity index (χ0) is 26.2. The molecule has 0 bridgehead atoms. The minimum absolute atomic E-state index is 0.0505. The van der Waals surface area contributed by atoms with E-state index in [0.717, 1.165) is 28.7 Å². The summed E-state index contributed by atoms with van der Waals surface area (Å²) in [6.07, 6.45) is 1.01. The number of rotatable bonds is 11. The third-order valence-corrected chi connectivity index (χ3v) is 6.12. The van der Waals surface area contributed by atoms with Crippen molar-refractivity contribution in [1.82, 2.24) is 5.32 Å². The van der Waals surface area contributed by atoms with Crippen molar-refractivity contribution in [2.24, 2.45) is 5.92 Å². The van der Waals surface area contributed by atoms with E-state index in [1.165, 1.54) is 0 Å². The summed E-state index contributed by atoms with van der Waals surface area (Å²) in [5.74, 6) is -0.109. The first kappa shape index (κ1) is 27.3. The highest BCUT2D eigenvalue weighted by Gasteiger charge is 2.20. The molecule has 5 nitrogen and oxygen atoms in total. The quantitative estimate of drug-likeness (QED) is 0.291. The Morgan fingerprint density at radius 3 is 2.36 bits per heavy atom. The lowest BCUT2D eigenvalue weighted by molar-refractivity contribution is -0.136. The van der Waals surface area contributed by atoms with E-state index in [9.17, 15) is 14.7 Å². The molecule has 3 aromatic carbocycles. The molecule has 6 heteroatoms. The Morgan fingerprint density at radius 2 is 1.72 bits per heavy atom. The Bertz CT molecular complexity index is 1200. The molecule has 190 valence electrons. The summed E-state index contributed by atoms with van der Waals surface area (Å²) in [6, 6.07) is 18.8. The first-order valence-electron chi connectivity index (χ1n) is 12.2. The van der Waals surface area contributed by atoms with Crippen LogP contribution in [-0.2, 0) is 17.8 Å². The number of hydrogen-bond acceptors (Lipinski definition) is 3. The van der Waals surface area contributed by atoms with Crippen LogP contribution in [0.2, 0.25) is 5.02 Å². The number of aryl methyl sites for hydroxylation is 3. The van der Waals surface area contributed by atoms with Crippen molar-refractivity contribution in [3.63, 3.8) is 0 Å². The van der Waals surface area contributed by atoms with Crippen LogP contribution in [0, 0.1) is 19.8 Å². The van der Waals surface area contributed by atoms with E-state index in [4.69, 9.17) is 16.3 Å². The molecule has 1 atom stereocenters. The van der Waals surface area contributed by atoms with Gasteiger partial charge in [-0.2, -0.15) is 0 Å². The number of hydrogen-bond donors (Lipinski definition) is 2. The van der Waals surface area contributed by atoms with Gasteiger partial charge in [-0.15, -0.1) is 0 Å². The Balaban J connectivity index is 1.88. The van der Waals surface area contributed by atoms with E-state index in [2.05, 4.69) is 51.2 Å². The summed E-state index contributed by atoms with van der Waals surface area (Å²) >= 11 is 6.05. The van der Waals surface area contributed by atoms with Gasteiger partial charge >= 0.3 is 5.97 Å². The molecule has 36 heavy (non-hydrogen) atoms. The van der Waals surface area contributed by atoms with Gasteiger partial charge in [0.05, 0.1) is 6.04 Å².